The Kier molecular flexibility index (Phi) is 4.57. The lowest BCUT2D eigenvalue weighted by molar-refractivity contribution is -0.138. The number of nitrogens with one attached hydrogen (secondary N) is 1. The second-order valence-electron chi connectivity index (χ2n) is 4.42. The summed E-state index contributed by atoms with van der Waals surface area (Å²) in [6.07, 6.45) is -7.03. The molecule has 0 fully saturated rings. The zero-order valence-corrected chi connectivity index (χ0v) is 11.3. The van der Waals surface area contributed by atoms with E-state index in [2.05, 4.69) is 15.5 Å². The van der Waals surface area contributed by atoms with E-state index >= 15 is 0 Å². The number of aromatic nitrogens is 1. The molecule has 0 saturated heterocycles. The molecule has 0 atom stereocenters. The molecule has 0 aliphatic carbocycles. The van der Waals surface area contributed by atoms with Crippen molar-refractivity contribution in [3.05, 3.63) is 59.3 Å². The molecule has 1 heterocycles. The highest BCUT2D eigenvalue weighted by atomic mass is 19.4. The van der Waals surface area contributed by atoms with Gasteiger partial charge in [0.1, 0.15) is 5.82 Å². The third kappa shape index (κ3) is 4.70. The first-order chi connectivity index (χ1) is 10.7. The van der Waals surface area contributed by atoms with Gasteiger partial charge in [-0.15, -0.1) is 0 Å². The molecular weight excluding hydrogens is 324 g/mol. The normalized spacial score (nSPS) is 12.6. The molecule has 0 unspecified atom stereocenters. The maximum Gasteiger partial charge on any atom is 0.417 e. The zero-order valence-electron chi connectivity index (χ0n) is 11.3. The molecule has 0 radical (unpaired) electrons. The average Bonchev–Trinajstić information content (AvgIpc) is 2.46. The fraction of sp³-hybridized carbons (Fsp3) is 0.143. The summed E-state index contributed by atoms with van der Waals surface area (Å²) < 4.78 is 74.1. The van der Waals surface area contributed by atoms with Crippen LogP contribution in [0.5, 0.6) is 0 Å². The maximum atomic E-state index is 12.4. The molecule has 0 aliphatic heterocycles. The first-order valence-electron chi connectivity index (χ1n) is 6.16. The van der Waals surface area contributed by atoms with Crippen LogP contribution < -0.4 is 5.43 Å². The molecule has 9 heteroatoms. The van der Waals surface area contributed by atoms with Crippen LogP contribution in [0, 0.1) is 0 Å². The summed E-state index contributed by atoms with van der Waals surface area (Å²) in [5, 5.41) is 3.70. The molecule has 122 valence electrons. The number of nitrogens with zero attached hydrogens (tertiary/aromatic N) is 2. The Balaban J connectivity index is 1.99. The van der Waals surface area contributed by atoms with Crippen LogP contribution in [0.3, 0.4) is 0 Å². The monoisotopic (exact) mass is 333 g/mol. The van der Waals surface area contributed by atoms with E-state index in [1.165, 1.54) is 18.3 Å². The summed E-state index contributed by atoms with van der Waals surface area (Å²) in [6.45, 7) is 0. The summed E-state index contributed by atoms with van der Waals surface area (Å²) in [5.41, 5.74) is 1.09. The molecule has 1 aromatic carbocycles. The van der Waals surface area contributed by atoms with Crippen LogP contribution in [-0.4, -0.2) is 11.2 Å². The quantitative estimate of drug-likeness (QED) is 0.508. The first-order valence-corrected chi connectivity index (χ1v) is 6.16. The third-order valence-corrected chi connectivity index (χ3v) is 2.72. The highest BCUT2D eigenvalue weighted by Crippen LogP contribution is 2.29. The Labute approximate surface area is 126 Å². The lowest BCUT2D eigenvalue weighted by atomic mass is 10.1. The molecule has 2 rings (SSSR count). The van der Waals surface area contributed by atoms with E-state index in [1.54, 1.807) is 0 Å². The van der Waals surface area contributed by atoms with Crippen molar-refractivity contribution in [2.45, 2.75) is 12.4 Å². The molecule has 0 aliphatic rings. The minimum absolute atomic E-state index is 0.0705. The Morgan fingerprint density at radius 3 is 1.87 bits per heavy atom. The summed E-state index contributed by atoms with van der Waals surface area (Å²) >= 11 is 0. The predicted molar refractivity (Wildman–Crippen MR) is 71.9 cm³/mol. The lowest BCUT2D eigenvalue weighted by Crippen LogP contribution is -2.05. The van der Waals surface area contributed by atoms with E-state index in [9.17, 15) is 26.3 Å². The van der Waals surface area contributed by atoms with Gasteiger partial charge >= 0.3 is 12.4 Å². The van der Waals surface area contributed by atoms with Crippen LogP contribution in [0.4, 0.5) is 32.2 Å². The van der Waals surface area contributed by atoms with Crippen LogP contribution in [0.2, 0.25) is 0 Å². The molecule has 1 N–H and O–H groups in total. The van der Waals surface area contributed by atoms with E-state index in [0.717, 1.165) is 24.3 Å². The predicted octanol–water partition coefficient (Wildman–Crippen LogP) is 4.57. The molecule has 23 heavy (non-hydrogen) atoms. The zero-order chi connectivity index (χ0) is 17.1. The standard InChI is InChI=1S/C14H9F6N3/c15-13(16,17)10-3-1-9(2-4-10)7-22-23-12-6-5-11(8-21-12)14(18,19)20/h1-8H,(H,21,23)/b22-7-. The summed E-state index contributed by atoms with van der Waals surface area (Å²) in [5.74, 6) is 0.0705. The topological polar surface area (TPSA) is 37.3 Å². The molecule has 0 spiro atoms. The largest absolute Gasteiger partial charge is 0.417 e. The molecule has 3 nitrogen and oxygen atoms in total. The van der Waals surface area contributed by atoms with Crippen LogP contribution >= 0.6 is 0 Å². The second kappa shape index (κ2) is 6.27. The van der Waals surface area contributed by atoms with Gasteiger partial charge in [-0.2, -0.15) is 31.4 Å². The van der Waals surface area contributed by atoms with Crippen molar-refractivity contribution >= 4 is 12.0 Å². The van der Waals surface area contributed by atoms with Gasteiger partial charge < -0.3 is 0 Å². The second-order valence-corrected chi connectivity index (χ2v) is 4.42. The van der Waals surface area contributed by atoms with Gasteiger partial charge in [0.2, 0.25) is 0 Å². The van der Waals surface area contributed by atoms with Crippen LogP contribution in [0.1, 0.15) is 16.7 Å². The van der Waals surface area contributed by atoms with E-state index < -0.39 is 23.5 Å². The Morgan fingerprint density at radius 1 is 0.826 bits per heavy atom. The Bertz CT molecular complexity index is 672. The van der Waals surface area contributed by atoms with Crippen molar-refractivity contribution in [3.63, 3.8) is 0 Å². The first kappa shape index (κ1) is 16.8. The van der Waals surface area contributed by atoms with Crippen LogP contribution in [0.15, 0.2) is 47.7 Å². The van der Waals surface area contributed by atoms with Gasteiger partial charge in [0.25, 0.3) is 0 Å². The smallest absolute Gasteiger partial charge is 0.261 e. The maximum absolute atomic E-state index is 12.4. The summed E-state index contributed by atoms with van der Waals surface area (Å²) in [6, 6.07) is 6.16. The third-order valence-electron chi connectivity index (χ3n) is 2.72. The van der Waals surface area contributed by atoms with E-state index in [-0.39, 0.29) is 5.82 Å². The van der Waals surface area contributed by atoms with Crippen molar-refractivity contribution in [1.29, 1.82) is 0 Å². The SMILES string of the molecule is FC(F)(F)c1ccc(/C=N\Nc2ccc(C(F)(F)F)cn2)cc1. The van der Waals surface area contributed by atoms with Crippen molar-refractivity contribution in [2.24, 2.45) is 5.10 Å². The molecule has 1 aromatic heterocycles. The Hall–Kier alpha value is -2.58. The number of hydrogen-bond acceptors (Lipinski definition) is 3. The number of rotatable bonds is 3. The molecule has 0 saturated carbocycles. The van der Waals surface area contributed by atoms with Crippen LogP contribution in [0.25, 0.3) is 0 Å². The minimum Gasteiger partial charge on any atom is -0.261 e. The summed E-state index contributed by atoms with van der Waals surface area (Å²) in [4.78, 5) is 3.53. The number of hydrazone groups is 1. The van der Waals surface area contributed by atoms with Gasteiger partial charge in [-0.3, -0.25) is 5.43 Å². The van der Waals surface area contributed by atoms with Crippen molar-refractivity contribution in [1.82, 2.24) is 4.98 Å². The van der Waals surface area contributed by atoms with Gasteiger partial charge in [-0.25, -0.2) is 4.98 Å². The van der Waals surface area contributed by atoms with E-state index in [1.807, 2.05) is 0 Å². The van der Waals surface area contributed by atoms with Crippen LogP contribution in [-0.2, 0) is 12.4 Å². The van der Waals surface area contributed by atoms with Gasteiger partial charge in [0, 0.05) is 6.20 Å². The molecule has 0 bridgehead atoms. The molecule has 0 amide bonds. The number of alkyl halides is 6. The van der Waals surface area contributed by atoms with Gasteiger partial charge in [0.05, 0.1) is 17.3 Å². The molecule has 2 aromatic rings. The number of pyridine rings is 1. The van der Waals surface area contributed by atoms with E-state index in [4.69, 9.17) is 0 Å². The van der Waals surface area contributed by atoms with Crippen molar-refractivity contribution < 1.29 is 26.3 Å². The highest BCUT2D eigenvalue weighted by molar-refractivity contribution is 5.80. The van der Waals surface area contributed by atoms with Gasteiger partial charge in [-0.1, -0.05) is 12.1 Å². The van der Waals surface area contributed by atoms with Crippen molar-refractivity contribution in [2.75, 3.05) is 5.43 Å². The highest BCUT2D eigenvalue weighted by Gasteiger charge is 2.31. The lowest BCUT2D eigenvalue weighted by Gasteiger charge is -2.06. The number of hydrogen-bond donors (Lipinski definition) is 1. The summed E-state index contributed by atoms with van der Waals surface area (Å²) in [7, 11) is 0. The number of anilines is 1. The minimum atomic E-state index is -4.48. The fourth-order valence-electron chi connectivity index (χ4n) is 1.56. The fourth-order valence-corrected chi connectivity index (χ4v) is 1.56. The number of benzene rings is 1. The van der Waals surface area contributed by atoms with Gasteiger partial charge in [0.15, 0.2) is 0 Å². The van der Waals surface area contributed by atoms with Gasteiger partial charge in [-0.05, 0) is 29.8 Å². The number of halogens is 6. The van der Waals surface area contributed by atoms with E-state index in [0.29, 0.717) is 11.8 Å². The Morgan fingerprint density at radius 2 is 1.39 bits per heavy atom. The molecular formula is C14H9F6N3. The van der Waals surface area contributed by atoms with Crippen molar-refractivity contribution in [3.8, 4) is 0 Å². The average molecular weight is 333 g/mol.